The van der Waals surface area contributed by atoms with Crippen LogP contribution in [0.15, 0.2) is 48.9 Å². The van der Waals surface area contributed by atoms with Gasteiger partial charge in [-0.05, 0) is 45.6 Å². The van der Waals surface area contributed by atoms with Crippen molar-refractivity contribution in [3.05, 3.63) is 50.9 Å². The lowest BCUT2D eigenvalue weighted by Gasteiger charge is -2.06. The Kier molecular flexibility index (Phi) is 4.99. The molecule has 11 heteroatoms. The zero-order chi connectivity index (χ0) is 18.0. The Hall–Kier alpha value is -2.08. The fourth-order valence-electron chi connectivity index (χ4n) is 1.86. The Labute approximate surface area is 154 Å². The number of hydrogen-bond acceptors (Lipinski definition) is 8. The first-order chi connectivity index (χ1) is 11.8. The molecule has 3 rings (SSSR count). The normalized spacial score (nSPS) is 11.4. The highest BCUT2D eigenvalue weighted by Gasteiger charge is 2.18. The molecule has 0 fully saturated rings. The molecule has 130 valence electrons. The van der Waals surface area contributed by atoms with Crippen molar-refractivity contribution in [1.29, 1.82) is 0 Å². The van der Waals surface area contributed by atoms with Gasteiger partial charge in [-0.1, -0.05) is 5.16 Å². The first-order valence-corrected chi connectivity index (χ1v) is 9.97. The fourth-order valence-corrected chi connectivity index (χ4v) is 3.44. The van der Waals surface area contributed by atoms with E-state index in [-0.39, 0.29) is 22.9 Å². The summed E-state index contributed by atoms with van der Waals surface area (Å²) >= 11 is 4.66. The van der Waals surface area contributed by atoms with E-state index in [9.17, 15) is 13.2 Å². The molecule has 0 aliphatic rings. The molecule has 0 radical (unpaired) electrons. The van der Waals surface area contributed by atoms with Gasteiger partial charge in [0.1, 0.15) is 0 Å². The molecule has 0 saturated carbocycles. The van der Waals surface area contributed by atoms with Crippen LogP contribution in [0.25, 0.3) is 11.5 Å². The summed E-state index contributed by atoms with van der Waals surface area (Å²) in [5.74, 6) is -0.239. The number of ether oxygens (including phenoxy) is 1. The molecule has 0 aliphatic heterocycles. The van der Waals surface area contributed by atoms with Crippen LogP contribution in [0, 0.1) is 0 Å². The smallest absolute Gasteiger partial charge is 0.339 e. The van der Waals surface area contributed by atoms with E-state index < -0.39 is 16.0 Å². The van der Waals surface area contributed by atoms with Gasteiger partial charge >= 0.3 is 5.97 Å². The SMILES string of the molecule is NS(=O)(=O)c1ccc(Br)c(C(=O)OCc2noc(-c3ccsc3)n2)c1. The van der Waals surface area contributed by atoms with Crippen LogP contribution in [0.2, 0.25) is 0 Å². The predicted molar refractivity (Wildman–Crippen MR) is 92.2 cm³/mol. The topological polar surface area (TPSA) is 125 Å². The lowest BCUT2D eigenvalue weighted by atomic mass is 10.2. The molecule has 0 spiro atoms. The highest BCUT2D eigenvalue weighted by atomic mass is 79.9. The number of hydrogen-bond donors (Lipinski definition) is 1. The highest BCUT2D eigenvalue weighted by Crippen LogP contribution is 2.22. The molecule has 8 nitrogen and oxygen atoms in total. The average molecular weight is 444 g/mol. The van der Waals surface area contributed by atoms with E-state index in [0.717, 1.165) is 11.6 Å². The number of carbonyl (C=O) groups is 1. The summed E-state index contributed by atoms with van der Waals surface area (Å²) in [6.45, 7) is -0.224. The minimum absolute atomic E-state index is 0.0214. The predicted octanol–water partition coefficient (Wildman–Crippen LogP) is 2.57. The molecule has 0 atom stereocenters. The van der Waals surface area contributed by atoms with E-state index in [0.29, 0.717) is 10.4 Å². The maximum atomic E-state index is 12.2. The number of thiophene rings is 1. The minimum Gasteiger partial charge on any atom is -0.454 e. The quantitative estimate of drug-likeness (QED) is 0.600. The van der Waals surface area contributed by atoms with Crippen molar-refractivity contribution in [2.24, 2.45) is 5.14 Å². The zero-order valence-electron chi connectivity index (χ0n) is 12.4. The molecular formula is C14H10BrN3O5S2. The molecule has 2 N–H and O–H groups in total. The number of sulfonamides is 1. The maximum absolute atomic E-state index is 12.2. The van der Waals surface area contributed by atoms with Gasteiger partial charge in [0.15, 0.2) is 6.61 Å². The number of carbonyl (C=O) groups excluding carboxylic acids is 1. The number of rotatable bonds is 5. The summed E-state index contributed by atoms with van der Waals surface area (Å²) in [4.78, 5) is 16.1. The van der Waals surface area contributed by atoms with Crippen LogP contribution >= 0.6 is 27.3 Å². The second kappa shape index (κ2) is 7.04. The summed E-state index contributed by atoms with van der Waals surface area (Å²) < 4.78 is 33.3. The summed E-state index contributed by atoms with van der Waals surface area (Å²) in [6.07, 6.45) is 0. The lowest BCUT2D eigenvalue weighted by molar-refractivity contribution is 0.0458. The Morgan fingerprint density at radius 3 is 2.84 bits per heavy atom. The molecule has 2 aromatic heterocycles. The maximum Gasteiger partial charge on any atom is 0.339 e. The third-order valence-electron chi connectivity index (χ3n) is 3.05. The number of nitrogens with zero attached hydrogens (tertiary/aromatic N) is 2. The van der Waals surface area contributed by atoms with Gasteiger partial charge in [0.25, 0.3) is 5.89 Å². The molecule has 3 aromatic rings. The lowest BCUT2D eigenvalue weighted by Crippen LogP contribution is -2.14. The molecule has 0 bridgehead atoms. The van der Waals surface area contributed by atoms with Crippen molar-refractivity contribution in [3.8, 4) is 11.5 Å². The first kappa shape index (κ1) is 17.7. The number of nitrogens with two attached hydrogens (primary N) is 1. The fraction of sp³-hybridized carbons (Fsp3) is 0.0714. The third kappa shape index (κ3) is 4.12. The van der Waals surface area contributed by atoms with Gasteiger partial charge in [0.05, 0.1) is 16.0 Å². The molecule has 1 aromatic carbocycles. The molecule has 0 amide bonds. The third-order valence-corrected chi connectivity index (χ3v) is 5.34. The number of aromatic nitrogens is 2. The Bertz CT molecular complexity index is 1020. The standard InChI is InChI=1S/C14H10BrN3O5S2/c15-11-2-1-9(25(16,20)21)5-10(11)14(19)22-6-12-17-13(23-18-12)8-3-4-24-7-8/h1-5,7H,6H2,(H2,16,20,21). The van der Waals surface area contributed by atoms with Crippen LogP contribution < -0.4 is 5.14 Å². The minimum atomic E-state index is -3.93. The van der Waals surface area contributed by atoms with Crippen LogP contribution in [0.4, 0.5) is 0 Å². The van der Waals surface area contributed by atoms with Crippen molar-refractivity contribution in [2.75, 3.05) is 0 Å². The van der Waals surface area contributed by atoms with Crippen LogP contribution in [-0.4, -0.2) is 24.5 Å². The number of esters is 1. The van der Waals surface area contributed by atoms with Crippen molar-refractivity contribution in [3.63, 3.8) is 0 Å². The number of halogens is 1. The van der Waals surface area contributed by atoms with Crippen LogP contribution in [0.3, 0.4) is 0 Å². The van der Waals surface area contributed by atoms with Crippen LogP contribution in [-0.2, 0) is 21.4 Å². The van der Waals surface area contributed by atoms with Crippen molar-refractivity contribution in [1.82, 2.24) is 10.1 Å². The Balaban J connectivity index is 1.73. The number of benzene rings is 1. The van der Waals surface area contributed by atoms with Gasteiger partial charge in [-0.2, -0.15) is 16.3 Å². The average Bonchev–Trinajstić information content (AvgIpc) is 3.23. The van der Waals surface area contributed by atoms with Crippen LogP contribution in [0.1, 0.15) is 16.2 Å². The second-order valence-electron chi connectivity index (χ2n) is 4.79. The number of primary sulfonamides is 1. The van der Waals surface area contributed by atoms with Crippen molar-refractivity contribution >= 4 is 43.3 Å². The summed E-state index contributed by atoms with van der Waals surface area (Å²) in [5.41, 5.74) is 0.798. The van der Waals surface area contributed by atoms with E-state index in [1.54, 1.807) is 0 Å². The Morgan fingerprint density at radius 2 is 2.16 bits per heavy atom. The van der Waals surface area contributed by atoms with E-state index in [2.05, 4.69) is 26.1 Å². The molecular weight excluding hydrogens is 434 g/mol. The van der Waals surface area contributed by atoms with Crippen molar-refractivity contribution < 1.29 is 22.5 Å². The van der Waals surface area contributed by atoms with E-state index in [1.807, 2.05) is 16.8 Å². The molecule has 0 unspecified atom stereocenters. The van der Waals surface area contributed by atoms with Gasteiger partial charge in [0.2, 0.25) is 15.8 Å². The van der Waals surface area contributed by atoms with E-state index in [1.165, 1.54) is 23.5 Å². The van der Waals surface area contributed by atoms with Crippen molar-refractivity contribution in [2.45, 2.75) is 11.5 Å². The highest BCUT2D eigenvalue weighted by molar-refractivity contribution is 9.10. The van der Waals surface area contributed by atoms with Gasteiger partial charge < -0.3 is 9.26 Å². The summed E-state index contributed by atoms with van der Waals surface area (Å²) in [5, 5.41) is 12.5. The van der Waals surface area contributed by atoms with E-state index in [4.69, 9.17) is 14.4 Å². The summed E-state index contributed by atoms with van der Waals surface area (Å²) in [6, 6.07) is 5.64. The molecule has 2 heterocycles. The largest absolute Gasteiger partial charge is 0.454 e. The molecule has 0 aliphatic carbocycles. The Morgan fingerprint density at radius 1 is 1.36 bits per heavy atom. The van der Waals surface area contributed by atoms with Gasteiger partial charge in [-0.15, -0.1) is 0 Å². The van der Waals surface area contributed by atoms with E-state index >= 15 is 0 Å². The summed E-state index contributed by atoms with van der Waals surface area (Å²) in [7, 11) is -3.93. The van der Waals surface area contributed by atoms with Crippen LogP contribution in [0.5, 0.6) is 0 Å². The monoisotopic (exact) mass is 443 g/mol. The van der Waals surface area contributed by atoms with Gasteiger partial charge in [-0.25, -0.2) is 18.4 Å². The molecule has 0 saturated heterocycles. The second-order valence-corrected chi connectivity index (χ2v) is 7.99. The van der Waals surface area contributed by atoms with Gasteiger partial charge in [0, 0.05) is 9.85 Å². The first-order valence-electron chi connectivity index (χ1n) is 6.69. The molecule has 25 heavy (non-hydrogen) atoms. The zero-order valence-corrected chi connectivity index (χ0v) is 15.6. The van der Waals surface area contributed by atoms with Gasteiger partial charge in [-0.3, -0.25) is 0 Å².